The van der Waals surface area contributed by atoms with Gasteiger partial charge in [-0.25, -0.2) is 0 Å². The number of anilines is 1. The SMILES string of the molecule is C[N+]1(Cc2ccc(NC(=O)C=Cc3cccc(-c4cccc([N+](=O)[O-])c4)c3)cc2)CCCCC1. The Kier molecular flexibility index (Phi) is 7.18. The normalized spacial score (nSPS) is 15.2. The maximum Gasteiger partial charge on any atom is 0.270 e. The highest BCUT2D eigenvalue weighted by Gasteiger charge is 2.24. The second-order valence-electron chi connectivity index (χ2n) is 9.24. The molecule has 3 aromatic carbocycles. The third-order valence-electron chi connectivity index (χ3n) is 6.39. The van der Waals surface area contributed by atoms with Crippen molar-refractivity contribution in [2.75, 3.05) is 25.5 Å². The Hall–Kier alpha value is -3.77. The molecule has 4 rings (SSSR count). The molecule has 0 atom stereocenters. The fourth-order valence-corrected chi connectivity index (χ4v) is 4.54. The summed E-state index contributed by atoms with van der Waals surface area (Å²) >= 11 is 0. The zero-order valence-electron chi connectivity index (χ0n) is 19.4. The summed E-state index contributed by atoms with van der Waals surface area (Å²) in [4.78, 5) is 23.1. The number of nitrogens with zero attached hydrogens (tertiary/aromatic N) is 2. The number of rotatable bonds is 7. The zero-order valence-corrected chi connectivity index (χ0v) is 19.4. The summed E-state index contributed by atoms with van der Waals surface area (Å²) in [6, 6.07) is 22.2. The van der Waals surface area contributed by atoms with Crippen LogP contribution in [0.2, 0.25) is 0 Å². The van der Waals surface area contributed by atoms with Crippen LogP contribution in [0.1, 0.15) is 30.4 Å². The third kappa shape index (κ3) is 6.17. The van der Waals surface area contributed by atoms with E-state index in [1.54, 1.807) is 18.2 Å². The van der Waals surface area contributed by atoms with Crippen molar-refractivity contribution in [1.82, 2.24) is 0 Å². The molecule has 1 N–H and O–H groups in total. The number of benzene rings is 3. The summed E-state index contributed by atoms with van der Waals surface area (Å²) in [5.41, 5.74) is 4.56. The van der Waals surface area contributed by atoms with Gasteiger partial charge in [0, 0.05) is 29.5 Å². The first-order chi connectivity index (χ1) is 16.4. The second kappa shape index (κ2) is 10.4. The molecule has 174 valence electrons. The van der Waals surface area contributed by atoms with Gasteiger partial charge in [-0.15, -0.1) is 0 Å². The van der Waals surface area contributed by atoms with Crippen LogP contribution in [0.25, 0.3) is 17.2 Å². The van der Waals surface area contributed by atoms with E-state index >= 15 is 0 Å². The molecule has 1 amide bonds. The lowest BCUT2D eigenvalue weighted by atomic mass is 10.0. The van der Waals surface area contributed by atoms with Crippen LogP contribution in [0, 0.1) is 10.1 Å². The number of non-ortho nitro benzene ring substituents is 1. The molecule has 1 aliphatic rings. The minimum absolute atomic E-state index is 0.0515. The van der Waals surface area contributed by atoms with Crippen LogP contribution in [-0.2, 0) is 11.3 Å². The molecule has 34 heavy (non-hydrogen) atoms. The fraction of sp³-hybridized carbons (Fsp3) is 0.250. The van der Waals surface area contributed by atoms with Crippen molar-refractivity contribution in [2.24, 2.45) is 0 Å². The van der Waals surface area contributed by atoms with E-state index in [1.165, 1.54) is 50.1 Å². The molecule has 1 aliphatic heterocycles. The molecule has 0 aliphatic carbocycles. The number of quaternary nitrogens is 1. The van der Waals surface area contributed by atoms with Gasteiger partial charge in [0.15, 0.2) is 0 Å². The summed E-state index contributed by atoms with van der Waals surface area (Å²) in [6.45, 7) is 3.48. The van der Waals surface area contributed by atoms with Crippen LogP contribution < -0.4 is 5.32 Å². The van der Waals surface area contributed by atoms with Crippen LogP contribution in [0.3, 0.4) is 0 Å². The van der Waals surface area contributed by atoms with Gasteiger partial charge < -0.3 is 9.80 Å². The Morgan fingerprint density at radius 1 is 0.971 bits per heavy atom. The Morgan fingerprint density at radius 3 is 2.35 bits per heavy atom. The van der Waals surface area contributed by atoms with Gasteiger partial charge in [-0.1, -0.05) is 42.5 Å². The van der Waals surface area contributed by atoms with Crippen molar-refractivity contribution in [3.05, 3.63) is 100 Å². The van der Waals surface area contributed by atoms with E-state index in [2.05, 4.69) is 24.5 Å². The van der Waals surface area contributed by atoms with Crippen molar-refractivity contribution in [2.45, 2.75) is 25.8 Å². The van der Waals surface area contributed by atoms with E-state index in [9.17, 15) is 14.9 Å². The maximum atomic E-state index is 12.4. The number of likely N-dealkylation sites (tertiary alicyclic amines) is 1. The second-order valence-corrected chi connectivity index (χ2v) is 9.24. The molecule has 0 radical (unpaired) electrons. The molecule has 1 heterocycles. The van der Waals surface area contributed by atoms with Gasteiger partial charge in [-0.3, -0.25) is 14.9 Å². The monoisotopic (exact) mass is 456 g/mol. The van der Waals surface area contributed by atoms with Gasteiger partial charge in [-0.05, 0) is 60.2 Å². The van der Waals surface area contributed by atoms with E-state index in [1.807, 2.05) is 42.5 Å². The standard InChI is InChI=1S/C28H29N3O3/c1-31(17-3-2-4-18-31)21-23-11-14-26(15-12-23)29-28(32)16-13-22-7-5-8-24(19-22)25-9-6-10-27(20-25)30(33)34/h5-16,19-20H,2-4,17-18,21H2,1H3/p+1. The van der Waals surface area contributed by atoms with Gasteiger partial charge in [0.25, 0.3) is 5.69 Å². The predicted molar refractivity (Wildman–Crippen MR) is 136 cm³/mol. The number of piperidine rings is 1. The Morgan fingerprint density at radius 2 is 1.65 bits per heavy atom. The average Bonchev–Trinajstić information content (AvgIpc) is 2.84. The number of carbonyl (C=O) groups is 1. The quantitative estimate of drug-likeness (QED) is 0.204. The van der Waals surface area contributed by atoms with E-state index in [0.29, 0.717) is 0 Å². The Labute approximate surface area is 200 Å². The van der Waals surface area contributed by atoms with E-state index in [0.717, 1.165) is 33.4 Å². The first kappa shape index (κ1) is 23.4. The smallest absolute Gasteiger partial charge is 0.270 e. The molecule has 1 fully saturated rings. The summed E-state index contributed by atoms with van der Waals surface area (Å²) in [7, 11) is 2.33. The first-order valence-corrected chi connectivity index (χ1v) is 11.7. The molecule has 0 unspecified atom stereocenters. The van der Waals surface area contributed by atoms with Crippen molar-refractivity contribution in [1.29, 1.82) is 0 Å². The molecule has 0 aromatic heterocycles. The lowest BCUT2D eigenvalue weighted by Crippen LogP contribution is -2.46. The summed E-state index contributed by atoms with van der Waals surface area (Å²) in [6.07, 6.45) is 7.17. The van der Waals surface area contributed by atoms with Crippen molar-refractivity contribution >= 4 is 23.4 Å². The fourth-order valence-electron chi connectivity index (χ4n) is 4.54. The third-order valence-corrected chi connectivity index (χ3v) is 6.39. The number of nitro benzene ring substituents is 1. The Balaban J connectivity index is 1.37. The molecule has 3 aromatic rings. The lowest BCUT2D eigenvalue weighted by Gasteiger charge is -2.37. The van der Waals surface area contributed by atoms with Crippen LogP contribution in [-0.4, -0.2) is 35.5 Å². The molecule has 0 bridgehead atoms. The molecule has 1 saturated heterocycles. The largest absolute Gasteiger partial charge is 0.323 e. The van der Waals surface area contributed by atoms with Crippen molar-refractivity contribution < 1.29 is 14.2 Å². The number of hydrogen-bond donors (Lipinski definition) is 1. The predicted octanol–water partition coefficient (Wildman–Crippen LogP) is 6.04. The minimum atomic E-state index is -0.403. The molecule has 6 nitrogen and oxygen atoms in total. The van der Waals surface area contributed by atoms with Gasteiger partial charge in [-0.2, -0.15) is 0 Å². The maximum absolute atomic E-state index is 12.4. The van der Waals surface area contributed by atoms with E-state index < -0.39 is 4.92 Å². The summed E-state index contributed by atoms with van der Waals surface area (Å²) in [5, 5.41) is 14.0. The summed E-state index contributed by atoms with van der Waals surface area (Å²) in [5.74, 6) is -0.205. The number of amides is 1. The number of nitrogens with one attached hydrogen (secondary N) is 1. The molecular weight excluding hydrogens is 426 g/mol. The molecular formula is C28H30N3O3+. The molecule has 0 saturated carbocycles. The highest BCUT2D eigenvalue weighted by atomic mass is 16.6. The van der Waals surface area contributed by atoms with Crippen LogP contribution >= 0.6 is 0 Å². The van der Waals surface area contributed by atoms with Crippen LogP contribution in [0.5, 0.6) is 0 Å². The summed E-state index contributed by atoms with van der Waals surface area (Å²) < 4.78 is 1.09. The van der Waals surface area contributed by atoms with Gasteiger partial charge >= 0.3 is 0 Å². The Bertz CT molecular complexity index is 1200. The van der Waals surface area contributed by atoms with Crippen molar-refractivity contribution in [3.8, 4) is 11.1 Å². The van der Waals surface area contributed by atoms with E-state index in [-0.39, 0.29) is 11.6 Å². The van der Waals surface area contributed by atoms with Crippen LogP contribution in [0.4, 0.5) is 11.4 Å². The molecule has 0 spiro atoms. The lowest BCUT2D eigenvalue weighted by molar-refractivity contribution is -0.926. The van der Waals surface area contributed by atoms with Gasteiger partial charge in [0.05, 0.1) is 25.1 Å². The van der Waals surface area contributed by atoms with Gasteiger partial charge in [0.2, 0.25) is 5.91 Å². The van der Waals surface area contributed by atoms with Gasteiger partial charge in [0.1, 0.15) is 6.54 Å². The highest BCUT2D eigenvalue weighted by molar-refractivity contribution is 6.02. The molecule has 6 heteroatoms. The zero-order chi connectivity index (χ0) is 24.0. The van der Waals surface area contributed by atoms with Crippen LogP contribution in [0.15, 0.2) is 78.9 Å². The number of carbonyl (C=O) groups excluding carboxylic acids is 1. The number of hydrogen-bond acceptors (Lipinski definition) is 3. The highest BCUT2D eigenvalue weighted by Crippen LogP contribution is 2.25. The van der Waals surface area contributed by atoms with E-state index in [4.69, 9.17) is 0 Å². The minimum Gasteiger partial charge on any atom is -0.323 e. The average molecular weight is 457 g/mol. The van der Waals surface area contributed by atoms with Crippen molar-refractivity contribution in [3.63, 3.8) is 0 Å². The topological polar surface area (TPSA) is 72.2 Å². The number of nitro groups is 1. The first-order valence-electron chi connectivity index (χ1n) is 11.7.